The van der Waals surface area contributed by atoms with Gasteiger partial charge in [-0.1, -0.05) is 0 Å². The molecule has 2 N–H and O–H groups in total. The molecule has 1 aliphatic rings. The fourth-order valence-electron chi connectivity index (χ4n) is 3.60. The van der Waals surface area contributed by atoms with Gasteiger partial charge in [0.1, 0.15) is 17.2 Å². The Morgan fingerprint density at radius 2 is 2.00 bits per heavy atom. The summed E-state index contributed by atoms with van der Waals surface area (Å²) in [6.07, 6.45) is 4.30. The van der Waals surface area contributed by atoms with E-state index in [4.69, 9.17) is 0 Å². The van der Waals surface area contributed by atoms with Crippen molar-refractivity contribution in [1.29, 1.82) is 0 Å². The number of rotatable bonds is 3. The lowest BCUT2D eigenvalue weighted by molar-refractivity contribution is 0.0863. The molecule has 1 aliphatic carbocycles. The van der Waals surface area contributed by atoms with Gasteiger partial charge in [0, 0.05) is 30.2 Å². The SMILES string of the molecule is Cn1nc(-c2ccc(C(=O)NC3CCC(O)CC3)nc2)c2cc(F)ccc21. The van der Waals surface area contributed by atoms with Crippen LogP contribution in [0.2, 0.25) is 0 Å². The highest BCUT2D eigenvalue weighted by atomic mass is 19.1. The second kappa shape index (κ2) is 7.08. The quantitative estimate of drug-likeness (QED) is 0.745. The minimum Gasteiger partial charge on any atom is -0.393 e. The number of hydrogen-bond donors (Lipinski definition) is 2. The van der Waals surface area contributed by atoms with Gasteiger partial charge in [0.05, 0.1) is 11.6 Å². The number of aliphatic hydroxyl groups is 1. The summed E-state index contributed by atoms with van der Waals surface area (Å²) in [4.78, 5) is 16.7. The lowest BCUT2D eigenvalue weighted by Gasteiger charge is -2.26. The summed E-state index contributed by atoms with van der Waals surface area (Å²) in [7, 11) is 1.81. The Bertz CT molecular complexity index is 976. The van der Waals surface area contributed by atoms with E-state index in [9.17, 15) is 14.3 Å². The minimum atomic E-state index is -0.321. The zero-order chi connectivity index (χ0) is 19.0. The number of benzene rings is 1. The van der Waals surface area contributed by atoms with Crippen molar-refractivity contribution in [3.63, 3.8) is 0 Å². The Morgan fingerprint density at radius 3 is 2.70 bits per heavy atom. The van der Waals surface area contributed by atoms with Crippen molar-refractivity contribution in [2.45, 2.75) is 37.8 Å². The summed E-state index contributed by atoms with van der Waals surface area (Å²) in [6.45, 7) is 0. The number of carbonyl (C=O) groups is 1. The molecule has 0 unspecified atom stereocenters. The Kier molecular flexibility index (Phi) is 4.61. The van der Waals surface area contributed by atoms with E-state index in [1.165, 1.54) is 12.1 Å². The number of amides is 1. The number of pyridine rings is 1. The van der Waals surface area contributed by atoms with E-state index in [0.717, 1.165) is 23.9 Å². The molecule has 0 radical (unpaired) electrons. The van der Waals surface area contributed by atoms with Crippen LogP contribution in [0.5, 0.6) is 0 Å². The van der Waals surface area contributed by atoms with Crippen LogP contribution in [0.3, 0.4) is 0 Å². The molecule has 1 amide bonds. The highest BCUT2D eigenvalue weighted by molar-refractivity contribution is 5.95. The second-order valence-corrected chi connectivity index (χ2v) is 7.04. The van der Waals surface area contributed by atoms with Crippen LogP contribution in [-0.4, -0.2) is 37.9 Å². The fraction of sp³-hybridized carbons (Fsp3) is 0.350. The molecule has 2 aromatic heterocycles. The summed E-state index contributed by atoms with van der Waals surface area (Å²) in [5.41, 5.74) is 2.51. The first-order valence-corrected chi connectivity index (χ1v) is 9.09. The van der Waals surface area contributed by atoms with Crippen molar-refractivity contribution in [1.82, 2.24) is 20.1 Å². The standard InChI is InChI=1S/C20H21FN4O2/c1-25-18-9-3-13(21)10-16(18)19(24-25)12-2-8-17(22-11-12)20(27)23-14-4-6-15(26)7-5-14/h2-3,8-11,14-15,26H,4-7H2,1H3,(H,23,27). The monoisotopic (exact) mass is 368 g/mol. The summed E-state index contributed by atoms with van der Waals surface area (Å²) < 4.78 is 15.3. The van der Waals surface area contributed by atoms with Crippen LogP contribution in [0, 0.1) is 5.82 Å². The van der Waals surface area contributed by atoms with Crippen LogP contribution in [-0.2, 0) is 7.05 Å². The Morgan fingerprint density at radius 1 is 1.22 bits per heavy atom. The molecule has 4 rings (SSSR count). The minimum absolute atomic E-state index is 0.0742. The van der Waals surface area contributed by atoms with E-state index >= 15 is 0 Å². The van der Waals surface area contributed by atoms with Gasteiger partial charge in [-0.15, -0.1) is 0 Å². The third-order valence-electron chi connectivity index (χ3n) is 5.11. The first kappa shape index (κ1) is 17.6. The average molecular weight is 368 g/mol. The number of aromatic nitrogens is 3. The van der Waals surface area contributed by atoms with E-state index < -0.39 is 0 Å². The van der Waals surface area contributed by atoms with Gasteiger partial charge in [0.15, 0.2) is 0 Å². The number of aryl methyl sites for hydroxylation is 1. The van der Waals surface area contributed by atoms with Gasteiger partial charge in [0.2, 0.25) is 0 Å². The van der Waals surface area contributed by atoms with E-state index in [-0.39, 0.29) is 23.9 Å². The zero-order valence-electron chi connectivity index (χ0n) is 15.0. The van der Waals surface area contributed by atoms with Gasteiger partial charge in [-0.05, 0) is 56.0 Å². The smallest absolute Gasteiger partial charge is 0.270 e. The molecule has 2 heterocycles. The molecular formula is C20H21FN4O2. The number of nitrogens with one attached hydrogen (secondary N) is 1. The number of hydrogen-bond acceptors (Lipinski definition) is 4. The van der Waals surface area contributed by atoms with Crippen LogP contribution in [0.25, 0.3) is 22.2 Å². The van der Waals surface area contributed by atoms with Gasteiger partial charge in [-0.3, -0.25) is 14.5 Å². The van der Waals surface area contributed by atoms with Crippen molar-refractivity contribution in [3.8, 4) is 11.3 Å². The van der Waals surface area contributed by atoms with Gasteiger partial charge in [0.25, 0.3) is 5.91 Å². The maximum absolute atomic E-state index is 13.6. The molecule has 1 saturated carbocycles. The van der Waals surface area contributed by atoms with Crippen molar-refractivity contribution >= 4 is 16.8 Å². The third kappa shape index (κ3) is 3.55. The molecule has 0 spiro atoms. The van der Waals surface area contributed by atoms with Gasteiger partial charge in [-0.25, -0.2) is 4.39 Å². The molecule has 0 atom stereocenters. The maximum atomic E-state index is 13.6. The molecule has 7 heteroatoms. The molecule has 0 saturated heterocycles. The number of nitrogens with zero attached hydrogens (tertiary/aromatic N) is 3. The van der Waals surface area contributed by atoms with Gasteiger partial charge < -0.3 is 10.4 Å². The molecule has 6 nitrogen and oxygen atoms in total. The summed E-state index contributed by atoms with van der Waals surface area (Å²) in [6, 6.07) is 8.06. The van der Waals surface area contributed by atoms with Crippen LogP contribution < -0.4 is 5.32 Å². The van der Waals surface area contributed by atoms with Crippen LogP contribution >= 0.6 is 0 Å². The molecule has 3 aromatic rings. The number of carbonyl (C=O) groups excluding carboxylic acids is 1. The summed E-state index contributed by atoms with van der Waals surface area (Å²) in [5.74, 6) is -0.543. The molecule has 1 fully saturated rings. The van der Waals surface area contributed by atoms with Crippen LogP contribution in [0.4, 0.5) is 4.39 Å². The second-order valence-electron chi connectivity index (χ2n) is 7.04. The predicted molar refractivity (Wildman–Crippen MR) is 99.6 cm³/mol. The summed E-state index contributed by atoms with van der Waals surface area (Å²) in [5, 5.41) is 17.7. The third-order valence-corrected chi connectivity index (χ3v) is 5.11. The van der Waals surface area contributed by atoms with E-state index in [0.29, 0.717) is 29.6 Å². The highest BCUT2D eigenvalue weighted by Crippen LogP contribution is 2.28. The van der Waals surface area contributed by atoms with E-state index in [1.807, 2.05) is 0 Å². The molecule has 140 valence electrons. The maximum Gasteiger partial charge on any atom is 0.270 e. The Hall–Kier alpha value is -2.80. The van der Waals surface area contributed by atoms with E-state index in [1.54, 1.807) is 36.1 Å². The lowest BCUT2D eigenvalue weighted by atomic mass is 9.93. The molecule has 27 heavy (non-hydrogen) atoms. The van der Waals surface area contributed by atoms with Crippen molar-refractivity contribution in [2.24, 2.45) is 7.05 Å². The molecule has 0 bridgehead atoms. The molecule has 0 aliphatic heterocycles. The van der Waals surface area contributed by atoms with E-state index in [2.05, 4.69) is 15.4 Å². The number of aliphatic hydroxyl groups excluding tert-OH is 1. The largest absolute Gasteiger partial charge is 0.393 e. The van der Waals surface area contributed by atoms with Crippen LogP contribution in [0.15, 0.2) is 36.5 Å². The number of fused-ring (bicyclic) bond motifs is 1. The average Bonchev–Trinajstić information content (AvgIpc) is 2.99. The normalized spacial score (nSPS) is 20.0. The van der Waals surface area contributed by atoms with Crippen molar-refractivity contribution in [2.75, 3.05) is 0 Å². The number of halogens is 1. The van der Waals surface area contributed by atoms with Crippen molar-refractivity contribution in [3.05, 3.63) is 48.0 Å². The lowest BCUT2D eigenvalue weighted by Crippen LogP contribution is -2.38. The van der Waals surface area contributed by atoms with Gasteiger partial charge >= 0.3 is 0 Å². The first-order chi connectivity index (χ1) is 13.0. The van der Waals surface area contributed by atoms with Crippen molar-refractivity contribution < 1.29 is 14.3 Å². The first-order valence-electron chi connectivity index (χ1n) is 9.09. The van der Waals surface area contributed by atoms with Crippen LogP contribution in [0.1, 0.15) is 36.2 Å². The molecule has 1 aromatic carbocycles. The fourth-order valence-corrected chi connectivity index (χ4v) is 3.60. The highest BCUT2D eigenvalue weighted by Gasteiger charge is 2.22. The molecular weight excluding hydrogens is 347 g/mol. The Balaban J connectivity index is 1.54. The predicted octanol–water partition coefficient (Wildman–Crippen LogP) is 2.81. The summed E-state index contributed by atoms with van der Waals surface area (Å²) >= 11 is 0. The topological polar surface area (TPSA) is 80.0 Å². The zero-order valence-corrected chi connectivity index (χ0v) is 15.0. The van der Waals surface area contributed by atoms with Gasteiger partial charge in [-0.2, -0.15) is 5.10 Å². The Labute approximate surface area is 156 Å².